The van der Waals surface area contributed by atoms with Crippen molar-refractivity contribution < 1.29 is 0 Å². The smallest absolute Gasteiger partial charge is 0.0448 e. The Kier molecular flexibility index (Phi) is 8.48. The van der Waals surface area contributed by atoms with Crippen molar-refractivity contribution in [3.05, 3.63) is 29.6 Å². The largest absolute Gasteiger partial charge is 0.317 e. The highest BCUT2D eigenvalue weighted by Gasteiger charge is 2.09. The van der Waals surface area contributed by atoms with Gasteiger partial charge in [0, 0.05) is 24.4 Å². The van der Waals surface area contributed by atoms with Crippen LogP contribution in [0, 0.1) is 6.92 Å². The first-order valence-corrected chi connectivity index (χ1v) is 7.85. The van der Waals surface area contributed by atoms with E-state index in [4.69, 9.17) is 0 Å². The third-order valence-electron chi connectivity index (χ3n) is 3.87. The highest BCUT2D eigenvalue weighted by molar-refractivity contribution is 5.18. The molecule has 108 valence electrons. The zero-order valence-electron chi connectivity index (χ0n) is 12.9. The second-order valence-corrected chi connectivity index (χ2v) is 5.51. The molecule has 0 aliphatic rings. The molecule has 2 heteroatoms. The van der Waals surface area contributed by atoms with Crippen LogP contribution in [0.15, 0.2) is 18.3 Å². The maximum atomic E-state index is 4.49. The predicted octanol–water partition coefficient (Wildman–Crippen LogP) is 4.27. The average Bonchev–Trinajstić information content (AvgIpc) is 2.43. The maximum absolute atomic E-state index is 4.49. The first-order chi connectivity index (χ1) is 9.27. The van der Waals surface area contributed by atoms with E-state index < -0.39 is 0 Å². The van der Waals surface area contributed by atoms with Crippen molar-refractivity contribution >= 4 is 0 Å². The Hall–Kier alpha value is -0.890. The lowest BCUT2D eigenvalue weighted by Crippen LogP contribution is -2.28. The Morgan fingerprint density at radius 1 is 1.16 bits per heavy atom. The monoisotopic (exact) mass is 262 g/mol. The van der Waals surface area contributed by atoms with Gasteiger partial charge in [-0.3, -0.25) is 4.98 Å². The fourth-order valence-corrected chi connectivity index (χ4v) is 2.49. The molecule has 2 nitrogen and oxygen atoms in total. The summed E-state index contributed by atoms with van der Waals surface area (Å²) >= 11 is 0. The second kappa shape index (κ2) is 9.96. The van der Waals surface area contributed by atoms with Crippen LogP contribution in [0.5, 0.6) is 0 Å². The van der Waals surface area contributed by atoms with E-state index in [9.17, 15) is 0 Å². The summed E-state index contributed by atoms with van der Waals surface area (Å²) in [6.07, 6.45) is 12.4. The molecule has 0 amide bonds. The average molecular weight is 262 g/mol. The number of aromatic nitrogens is 1. The molecule has 0 saturated carbocycles. The summed E-state index contributed by atoms with van der Waals surface area (Å²) in [5, 5.41) is 3.44. The summed E-state index contributed by atoms with van der Waals surface area (Å²) in [6, 6.07) is 4.74. The number of hydrogen-bond acceptors (Lipinski definition) is 2. The third-order valence-corrected chi connectivity index (χ3v) is 3.87. The van der Waals surface area contributed by atoms with Crippen LogP contribution < -0.4 is 5.32 Å². The van der Waals surface area contributed by atoms with Gasteiger partial charge < -0.3 is 5.32 Å². The zero-order valence-corrected chi connectivity index (χ0v) is 12.9. The minimum atomic E-state index is 0.569. The molecule has 0 aromatic carbocycles. The molecular weight excluding hydrogens is 232 g/mol. The number of nitrogens with zero attached hydrogens (tertiary/aromatic N) is 1. The van der Waals surface area contributed by atoms with Gasteiger partial charge in [-0.2, -0.15) is 0 Å². The summed E-state index contributed by atoms with van der Waals surface area (Å²) in [4.78, 5) is 4.49. The highest BCUT2D eigenvalue weighted by Crippen LogP contribution is 2.12. The molecule has 0 saturated heterocycles. The lowest BCUT2D eigenvalue weighted by Gasteiger charge is -2.16. The van der Waals surface area contributed by atoms with Crippen molar-refractivity contribution in [1.29, 1.82) is 0 Å². The Bertz CT molecular complexity index is 336. The molecule has 19 heavy (non-hydrogen) atoms. The first kappa shape index (κ1) is 16.2. The molecule has 0 bridgehead atoms. The SMILES string of the molecule is CCCCCCCCC(Cc1ncccc1C)NC. The lowest BCUT2D eigenvalue weighted by atomic mass is 10.0. The van der Waals surface area contributed by atoms with Crippen LogP contribution in [0.1, 0.15) is 63.1 Å². The van der Waals surface area contributed by atoms with Gasteiger partial charge in [0.2, 0.25) is 0 Å². The van der Waals surface area contributed by atoms with Crippen LogP contribution in [-0.2, 0) is 6.42 Å². The van der Waals surface area contributed by atoms with Crippen molar-refractivity contribution in [2.24, 2.45) is 0 Å². The number of nitrogens with one attached hydrogen (secondary N) is 1. The van der Waals surface area contributed by atoms with Crippen LogP contribution in [0.4, 0.5) is 0 Å². The molecule has 0 radical (unpaired) electrons. The van der Waals surface area contributed by atoms with Crippen molar-refractivity contribution in [2.45, 2.75) is 71.3 Å². The minimum absolute atomic E-state index is 0.569. The summed E-state index contributed by atoms with van der Waals surface area (Å²) in [5.74, 6) is 0. The first-order valence-electron chi connectivity index (χ1n) is 7.85. The fraction of sp³-hybridized carbons (Fsp3) is 0.706. The molecule has 1 aromatic heterocycles. The Balaban J connectivity index is 2.24. The number of pyridine rings is 1. The van der Waals surface area contributed by atoms with Crippen molar-refractivity contribution in [2.75, 3.05) is 7.05 Å². The molecule has 1 atom stereocenters. The Labute approximate surface area is 119 Å². The normalized spacial score (nSPS) is 12.6. The summed E-state index contributed by atoms with van der Waals surface area (Å²) in [7, 11) is 2.07. The van der Waals surface area contributed by atoms with Crippen molar-refractivity contribution in [1.82, 2.24) is 10.3 Å². The fourth-order valence-electron chi connectivity index (χ4n) is 2.49. The van der Waals surface area contributed by atoms with Crippen LogP contribution in [-0.4, -0.2) is 18.1 Å². The Morgan fingerprint density at radius 2 is 1.89 bits per heavy atom. The topological polar surface area (TPSA) is 24.9 Å². The summed E-state index contributed by atoms with van der Waals surface area (Å²) in [5.41, 5.74) is 2.55. The predicted molar refractivity (Wildman–Crippen MR) is 83.5 cm³/mol. The van der Waals surface area contributed by atoms with Gasteiger partial charge in [0.15, 0.2) is 0 Å². The lowest BCUT2D eigenvalue weighted by molar-refractivity contribution is 0.476. The number of hydrogen-bond donors (Lipinski definition) is 1. The van der Waals surface area contributed by atoms with Gasteiger partial charge >= 0.3 is 0 Å². The van der Waals surface area contributed by atoms with Crippen LogP contribution in [0.2, 0.25) is 0 Å². The highest BCUT2D eigenvalue weighted by atomic mass is 14.9. The van der Waals surface area contributed by atoms with Gasteiger partial charge in [-0.05, 0) is 32.0 Å². The Morgan fingerprint density at radius 3 is 2.58 bits per heavy atom. The van der Waals surface area contributed by atoms with Gasteiger partial charge in [0.1, 0.15) is 0 Å². The van der Waals surface area contributed by atoms with E-state index in [1.54, 1.807) is 0 Å². The zero-order chi connectivity index (χ0) is 13.9. The molecular formula is C17H30N2. The molecule has 0 spiro atoms. The number of rotatable bonds is 10. The van der Waals surface area contributed by atoms with E-state index >= 15 is 0 Å². The quantitative estimate of drug-likeness (QED) is 0.637. The van der Waals surface area contributed by atoms with E-state index in [-0.39, 0.29) is 0 Å². The number of aryl methyl sites for hydroxylation is 1. The molecule has 0 fully saturated rings. The van der Waals surface area contributed by atoms with Crippen molar-refractivity contribution in [3.63, 3.8) is 0 Å². The molecule has 1 N–H and O–H groups in total. The second-order valence-electron chi connectivity index (χ2n) is 5.51. The summed E-state index contributed by atoms with van der Waals surface area (Å²) < 4.78 is 0. The van der Waals surface area contributed by atoms with Gasteiger partial charge in [-0.15, -0.1) is 0 Å². The number of likely N-dealkylation sites (N-methyl/N-ethyl adjacent to an activating group) is 1. The van der Waals surface area contributed by atoms with Gasteiger partial charge in [-0.1, -0.05) is 51.5 Å². The summed E-state index contributed by atoms with van der Waals surface area (Å²) in [6.45, 7) is 4.42. The molecule has 1 heterocycles. The minimum Gasteiger partial charge on any atom is -0.317 e. The van der Waals surface area contributed by atoms with E-state index in [0.29, 0.717) is 6.04 Å². The van der Waals surface area contributed by atoms with Gasteiger partial charge in [0.05, 0.1) is 0 Å². The van der Waals surface area contributed by atoms with Crippen molar-refractivity contribution in [3.8, 4) is 0 Å². The van der Waals surface area contributed by atoms with E-state index in [1.165, 1.54) is 56.2 Å². The van der Waals surface area contributed by atoms with Crippen LogP contribution >= 0.6 is 0 Å². The third kappa shape index (κ3) is 6.72. The molecule has 1 aromatic rings. The van der Waals surface area contributed by atoms with Gasteiger partial charge in [0.25, 0.3) is 0 Å². The van der Waals surface area contributed by atoms with Crippen LogP contribution in [0.25, 0.3) is 0 Å². The molecule has 1 unspecified atom stereocenters. The van der Waals surface area contributed by atoms with E-state index in [0.717, 1.165) is 6.42 Å². The molecule has 1 rings (SSSR count). The van der Waals surface area contributed by atoms with Crippen LogP contribution in [0.3, 0.4) is 0 Å². The standard InChI is InChI=1S/C17H30N2/c1-4-5-6-7-8-9-12-16(18-3)14-17-15(2)11-10-13-19-17/h10-11,13,16,18H,4-9,12,14H2,1-3H3. The van der Waals surface area contributed by atoms with Gasteiger partial charge in [-0.25, -0.2) is 0 Å². The van der Waals surface area contributed by atoms with E-state index in [2.05, 4.69) is 37.3 Å². The maximum Gasteiger partial charge on any atom is 0.0448 e. The molecule has 0 aliphatic carbocycles. The number of unbranched alkanes of at least 4 members (excludes halogenated alkanes) is 5. The van der Waals surface area contributed by atoms with E-state index in [1.807, 2.05) is 12.3 Å². The molecule has 0 aliphatic heterocycles.